The molecule has 0 atom stereocenters. The van der Waals surface area contributed by atoms with Crippen molar-refractivity contribution < 1.29 is 8.42 Å². The van der Waals surface area contributed by atoms with Gasteiger partial charge >= 0.3 is 0 Å². The first kappa shape index (κ1) is 16.8. The molecule has 0 aliphatic rings. The summed E-state index contributed by atoms with van der Waals surface area (Å²) in [5, 5.41) is 0. The average Bonchev–Trinajstić information content (AvgIpc) is 2.48. The zero-order valence-electron chi connectivity index (χ0n) is 12.2. The molecule has 114 valence electrons. The highest BCUT2D eigenvalue weighted by atomic mass is 32.2. The Morgan fingerprint density at radius 2 is 1.80 bits per heavy atom. The van der Waals surface area contributed by atoms with Crippen molar-refractivity contribution in [3.05, 3.63) is 12.4 Å². The summed E-state index contributed by atoms with van der Waals surface area (Å²) in [6, 6.07) is 0. The van der Waals surface area contributed by atoms with Crippen molar-refractivity contribution in [1.82, 2.24) is 14.3 Å². The molecule has 0 unspecified atom stereocenters. The second kappa shape index (κ2) is 7.51. The number of nitrogens with zero attached hydrogens (tertiary/aromatic N) is 3. The normalized spacial score (nSPS) is 12.1. The summed E-state index contributed by atoms with van der Waals surface area (Å²) in [5.74, 6) is 5.71. The van der Waals surface area contributed by atoms with Crippen molar-refractivity contribution >= 4 is 16.0 Å². The van der Waals surface area contributed by atoms with Gasteiger partial charge in [0.1, 0.15) is 4.90 Å². The van der Waals surface area contributed by atoms with Gasteiger partial charge in [0.25, 0.3) is 0 Å². The summed E-state index contributed by atoms with van der Waals surface area (Å²) >= 11 is 0. The highest BCUT2D eigenvalue weighted by Gasteiger charge is 2.25. The second-order valence-electron chi connectivity index (χ2n) is 4.52. The third-order valence-corrected chi connectivity index (χ3v) is 5.26. The van der Waals surface area contributed by atoms with Gasteiger partial charge in [-0.15, -0.1) is 0 Å². The zero-order valence-corrected chi connectivity index (χ0v) is 13.0. The van der Waals surface area contributed by atoms with E-state index < -0.39 is 10.0 Å². The molecule has 0 aliphatic carbocycles. The molecule has 1 rings (SSSR count). The second-order valence-corrected chi connectivity index (χ2v) is 6.46. The first-order chi connectivity index (χ1) is 9.49. The summed E-state index contributed by atoms with van der Waals surface area (Å²) in [6.07, 6.45) is 4.45. The van der Waals surface area contributed by atoms with Crippen LogP contribution in [0.15, 0.2) is 17.3 Å². The lowest BCUT2D eigenvalue weighted by Gasteiger charge is -2.24. The first-order valence-electron chi connectivity index (χ1n) is 6.78. The first-order valence-corrected chi connectivity index (χ1v) is 8.22. The van der Waals surface area contributed by atoms with E-state index in [9.17, 15) is 8.42 Å². The molecule has 0 aromatic carbocycles. The van der Waals surface area contributed by atoms with Crippen LogP contribution < -0.4 is 11.3 Å². The Hall–Kier alpha value is -1.25. The lowest BCUT2D eigenvalue weighted by molar-refractivity contribution is 0.339. The van der Waals surface area contributed by atoms with E-state index >= 15 is 0 Å². The topological polar surface area (TPSA) is 101 Å². The van der Waals surface area contributed by atoms with Crippen LogP contribution in [0.4, 0.5) is 5.95 Å². The Kier molecular flexibility index (Phi) is 6.31. The SMILES string of the molecule is CCC(CC)CN(CC)S(=O)(=O)c1cnc(NN)nc1. The number of nitrogens with two attached hydrogens (primary N) is 1. The molecule has 0 aliphatic heterocycles. The number of rotatable bonds is 8. The largest absolute Gasteiger partial charge is 0.292 e. The van der Waals surface area contributed by atoms with Crippen LogP contribution in [0.3, 0.4) is 0 Å². The molecule has 1 aromatic heterocycles. The molecule has 0 fully saturated rings. The number of anilines is 1. The highest BCUT2D eigenvalue weighted by molar-refractivity contribution is 7.89. The van der Waals surface area contributed by atoms with E-state index in [1.807, 2.05) is 6.92 Å². The van der Waals surface area contributed by atoms with Crippen molar-refractivity contribution in [1.29, 1.82) is 0 Å². The van der Waals surface area contributed by atoms with Gasteiger partial charge in [-0.25, -0.2) is 24.2 Å². The maximum atomic E-state index is 12.5. The quantitative estimate of drug-likeness (QED) is 0.553. The van der Waals surface area contributed by atoms with E-state index in [0.717, 1.165) is 12.8 Å². The third kappa shape index (κ3) is 3.87. The minimum absolute atomic E-state index is 0.0873. The molecule has 0 radical (unpaired) electrons. The van der Waals surface area contributed by atoms with E-state index in [4.69, 9.17) is 5.84 Å². The molecule has 3 N–H and O–H groups in total. The van der Waals surface area contributed by atoms with Gasteiger partial charge in [0.2, 0.25) is 16.0 Å². The fourth-order valence-electron chi connectivity index (χ4n) is 1.91. The predicted molar refractivity (Wildman–Crippen MR) is 78.3 cm³/mol. The molecule has 0 bridgehead atoms. The van der Waals surface area contributed by atoms with Crippen molar-refractivity contribution in [2.75, 3.05) is 18.5 Å². The van der Waals surface area contributed by atoms with Gasteiger partial charge in [-0.3, -0.25) is 5.43 Å². The van der Waals surface area contributed by atoms with Crippen LogP contribution in [0.2, 0.25) is 0 Å². The number of aromatic nitrogens is 2. The third-order valence-electron chi connectivity index (χ3n) is 3.36. The van der Waals surface area contributed by atoms with Gasteiger partial charge in [0.05, 0.1) is 12.4 Å². The molecule has 0 amide bonds. The number of hydrazine groups is 1. The minimum atomic E-state index is -3.55. The number of hydrogen-bond donors (Lipinski definition) is 2. The lowest BCUT2D eigenvalue weighted by atomic mass is 10.0. The number of sulfonamides is 1. The van der Waals surface area contributed by atoms with Gasteiger partial charge in [0.15, 0.2) is 0 Å². The highest BCUT2D eigenvalue weighted by Crippen LogP contribution is 2.18. The van der Waals surface area contributed by atoms with Crippen LogP contribution in [0.1, 0.15) is 33.6 Å². The zero-order chi connectivity index (χ0) is 15.2. The molecular weight excluding hydrogens is 278 g/mol. The fraction of sp³-hybridized carbons (Fsp3) is 0.667. The van der Waals surface area contributed by atoms with E-state index in [-0.39, 0.29) is 10.8 Å². The Balaban J connectivity index is 2.98. The van der Waals surface area contributed by atoms with E-state index in [0.29, 0.717) is 19.0 Å². The Labute approximate surface area is 120 Å². The summed E-state index contributed by atoms with van der Waals surface area (Å²) in [4.78, 5) is 7.78. The summed E-state index contributed by atoms with van der Waals surface area (Å²) in [6.45, 7) is 6.91. The van der Waals surface area contributed by atoms with Crippen LogP contribution >= 0.6 is 0 Å². The van der Waals surface area contributed by atoms with Gasteiger partial charge < -0.3 is 0 Å². The number of nitrogen functional groups attached to an aromatic ring is 1. The fourth-order valence-corrected chi connectivity index (χ4v) is 3.32. The molecule has 0 saturated carbocycles. The monoisotopic (exact) mass is 301 g/mol. The van der Waals surface area contributed by atoms with Crippen molar-refractivity contribution in [3.63, 3.8) is 0 Å². The smallest absolute Gasteiger partial charge is 0.246 e. The van der Waals surface area contributed by atoms with Gasteiger partial charge in [-0.05, 0) is 5.92 Å². The van der Waals surface area contributed by atoms with E-state index in [1.165, 1.54) is 16.7 Å². The lowest BCUT2D eigenvalue weighted by Crippen LogP contribution is -2.35. The van der Waals surface area contributed by atoms with Gasteiger partial charge in [-0.2, -0.15) is 4.31 Å². The molecule has 1 aromatic rings. The molecule has 7 nitrogen and oxygen atoms in total. The summed E-state index contributed by atoms with van der Waals surface area (Å²) in [5.41, 5.74) is 2.27. The van der Waals surface area contributed by atoms with Gasteiger partial charge in [0, 0.05) is 13.1 Å². The molecule has 0 spiro atoms. The van der Waals surface area contributed by atoms with Crippen molar-refractivity contribution in [3.8, 4) is 0 Å². The molecule has 0 saturated heterocycles. The Bertz CT molecular complexity index is 499. The molecule has 20 heavy (non-hydrogen) atoms. The van der Waals surface area contributed by atoms with Gasteiger partial charge in [-0.1, -0.05) is 33.6 Å². The molecule has 8 heteroatoms. The van der Waals surface area contributed by atoms with Crippen LogP contribution in [-0.2, 0) is 10.0 Å². The van der Waals surface area contributed by atoms with E-state index in [1.54, 1.807) is 0 Å². The van der Waals surface area contributed by atoms with Crippen LogP contribution in [0.25, 0.3) is 0 Å². The predicted octanol–water partition coefficient (Wildman–Crippen LogP) is 1.21. The van der Waals surface area contributed by atoms with Crippen molar-refractivity contribution in [2.45, 2.75) is 38.5 Å². The Morgan fingerprint density at radius 1 is 1.25 bits per heavy atom. The summed E-state index contributed by atoms with van der Waals surface area (Å²) in [7, 11) is -3.55. The maximum Gasteiger partial charge on any atom is 0.246 e. The number of nitrogens with one attached hydrogen (secondary N) is 1. The molecule has 1 heterocycles. The van der Waals surface area contributed by atoms with Crippen LogP contribution in [-0.4, -0.2) is 35.8 Å². The average molecular weight is 301 g/mol. The minimum Gasteiger partial charge on any atom is -0.292 e. The number of hydrogen-bond acceptors (Lipinski definition) is 6. The molecular formula is C12H23N5O2S. The summed E-state index contributed by atoms with van der Waals surface area (Å²) < 4.78 is 26.5. The standard InChI is InChI=1S/C12H23N5O2S/c1-4-10(5-2)9-17(6-3)20(18,19)11-7-14-12(16-13)15-8-11/h7-8,10H,4-6,9,13H2,1-3H3,(H,14,15,16). The Morgan fingerprint density at radius 3 is 2.20 bits per heavy atom. The van der Waals surface area contributed by atoms with E-state index in [2.05, 4.69) is 29.2 Å². The maximum absolute atomic E-state index is 12.5. The van der Waals surface area contributed by atoms with Crippen molar-refractivity contribution in [2.24, 2.45) is 11.8 Å². The van der Waals surface area contributed by atoms with Crippen LogP contribution in [0, 0.1) is 5.92 Å². The van der Waals surface area contributed by atoms with Crippen LogP contribution in [0.5, 0.6) is 0 Å².